The first-order chi connectivity index (χ1) is 12.7. The van der Waals surface area contributed by atoms with Gasteiger partial charge in [0.2, 0.25) is 5.95 Å². The zero-order chi connectivity index (χ0) is 17.9. The van der Waals surface area contributed by atoms with E-state index in [9.17, 15) is 4.39 Å². The standard InChI is InChI=1S/C20H18FN5/c1-13-9-14(21)11-16(10-13)24-20-25-18-7-3-2-6-17(18)19(26-20)23-12-15-5-4-8-22-15/h2-4,6-11H,5,12H2,1H3,(H2,23,24,25,26). The van der Waals surface area contributed by atoms with Crippen LogP contribution < -0.4 is 10.6 Å². The van der Waals surface area contributed by atoms with Gasteiger partial charge in [-0.05, 0) is 42.8 Å². The van der Waals surface area contributed by atoms with Gasteiger partial charge in [-0.1, -0.05) is 18.2 Å². The van der Waals surface area contributed by atoms with Gasteiger partial charge in [0.05, 0.1) is 12.1 Å². The predicted molar refractivity (Wildman–Crippen MR) is 104 cm³/mol. The van der Waals surface area contributed by atoms with Crippen LogP contribution in [0.3, 0.4) is 0 Å². The molecule has 0 spiro atoms. The third-order valence-electron chi connectivity index (χ3n) is 4.08. The van der Waals surface area contributed by atoms with Gasteiger partial charge in [-0.25, -0.2) is 9.37 Å². The molecule has 2 N–H and O–H groups in total. The molecule has 1 aliphatic heterocycles. The number of aryl methyl sites for hydroxylation is 1. The zero-order valence-corrected chi connectivity index (χ0v) is 14.3. The molecule has 6 heteroatoms. The molecular formula is C20H18FN5. The maximum Gasteiger partial charge on any atom is 0.229 e. The summed E-state index contributed by atoms with van der Waals surface area (Å²) in [5, 5.41) is 7.37. The number of aliphatic imine (C=N–C) groups is 1. The SMILES string of the molecule is Cc1cc(F)cc(Nc2nc(NCC3=NC=CC3)c3ccccc3n2)c1. The fraction of sp³-hybridized carbons (Fsp3) is 0.150. The number of hydrogen-bond acceptors (Lipinski definition) is 5. The van der Waals surface area contributed by atoms with Crippen molar-refractivity contribution in [2.24, 2.45) is 4.99 Å². The van der Waals surface area contributed by atoms with E-state index < -0.39 is 0 Å². The first-order valence-corrected chi connectivity index (χ1v) is 8.43. The summed E-state index contributed by atoms with van der Waals surface area (Å²) in [4.78, 5) is 13.4. The third-order valence-corrected chi connectivity index (χ3v) is 4.08. The van der Waals surface area contributed by atoms with E-state index in [0.717, 1.165) is 34.4 Å². The zero-order valence-electron chi connectivity index (χ0n) is 14.3. The van der Waals surface area contributed by atoms with Crippen molar-refractivity contribution in [2.45, 2.75) is 13.3 Å². The second-order valence-corrected chi connectivity index (χ2v) is 6.19. The largest absolute Gasteiger partial charge is 0.364 e. The van der Waals surface area contributed by atoms with Crippen LogP contribution in [0.4, 0.5) is 21.8 Å². The summed E-state index contributed by atoms with van der Waals surface area (Å²) in [5.41, 5.74) is 3.32. The van der Waals surface area contributed by atoms with Crippen LogP contribution in [-0.4, -0.2) is 22.2 Å². The smallest absolute Gasteiger partial charge is 0.229 e. The first-order valence-electron chi connectivity index (χ1n) is 8.43. The molecule has 4 rings (SSSR count). The normalized spacial score (nSPS) is 13.1. The van der Waals surface area contributed by atoms with Crippen molar-refractivity contribution in [3.63, 3.8) is 0 Å². The maximum absolute atomic E-state index is 13.6. The average Bonchev–Trinajstić information content (AvgIpc) is 3.12. The lowest BCUT2D eigenvalue weighted by atomic mass is 10.2. The third kappa shape index (κ3) is 3.54. The maximum atomic E-state index is 13.6. The number of nitrogens with zero attached hydrogens (tertiary/aromatic N) is 3. The fourth-order valence-corrected chi connectivity index (χ4v) is 2.91. The van der Waals surface area contributed by atoms with Crippen molar-refractivity contribution in [3.8, 4) is 0 Å². The summed E-state index contributed by atoms with van der Waals surface area (Å²) in [6.45, 7) is 2.46. The van der Waals surface area contributed by atoms with Crippen LogP contribution in [0.5, 0.6) is 0 Å². The van der Waals surface area contributed by atoms with Crippen LogP contribution >= 0.6 is 0 Å². The quantitative estimate of drug-likeness (QED) is 0.708. The Labute approximate surface area is 150 Å². The molecule has 5 nitrogen and oxygen atoms in total. The highest BCUT2D eigenvalue weighted by atomic mass is 19.1. The monoisotopic (exact) mass is 347 g/mol. The molecule has 1 aliphatic rings. The number of hydrogen-bond donors (Lipinski definition) is 2. The molecule has 0 fully saturated rings. The molecule has 0 amide bonds. The number of nitrogens with one attached hydrogen (secondary N) is 2. The molecule has 0 atom stereocenters. The molecule has 2 heterocycles. The summed E-state index contributed by atoms with van der Waals surface area (Å²) in [6.07, 6.45) is 4.69. The minimum Gasteiger partial charge on any atom is -0.364 e. The highest BCUT2D eigenvalue weighted by Gasteiger charge is 2.10. The average molecular weight is 347 g/mol. The van der Waals surface area contributed by atoms with Gasteiger partial charge in [-0.15, -0.1) is 0 Å². The molecule has 3 aromatic rings. The molecule has 0 bridgehead atoms. The van der Waals surface area contributed by atoms with Gasteiger partial charge in [0.25, 0.3) is 0 Å². The first kappa shape index (κ1) is 16.2. The van der Waals surface area contributed by atoms with E-state index in [4.69, 9.17) is 0 Å². The Balaban J connectivity index is 1.66. The summed E-state index contributed by atoms with van der Waals surface area (Å²) in [7, 11) is 0. The second-order valence-electron chi connectivity index (χ2n) is 6.19. The summed E-state index contributed by atoms with van der Waals surface area (Å²) in [5.74, 6) is 0.849. The summed E-state index contributed by atoms with van der Waals surface area (Å²) >= 11 is 0. The number of halogens is 1. The van der Waals surface area contributed by atoms with Gasteiger partial charge >= 0.3 is 0 Å². The highest BCUT2D eigenvalue weighted by molar-refractivity contribution is 5.95. The minimum atomic E-state index is -0.293. The molecular weight excluding hydrogens is 329 g/mol. The van der Waals surface area contributed by atoms with E-state index in [2.05, 4.69) is 25.6 Å². The Bertz CT molecular complexity index is 1010. The van der Waals surface area contributed by atoms with Crippen molar-refractivity contribution in [1.82, 2.24) is 9.97 Å². The van der Waals surface area contributed by atoms with Crippen LogP contribution in [0.1, 0.15) is 12.0 Å². The molecule has 0 radical (unpaired) electrons. The van der Waals surface area contributed by atoms with Crippen LogP contribution in [0, 0.1) is 12.7 Å². The number of rotatable bonds is 5. The van der Waals surface area contributed by atoms with E-state index in [1.54, 1.807) is 0 Å². The molecule has 130 valence electrons. The van der Waals surface area contributed by atoms with Crippen molar-refractivity contribution in [1.29, 1.82) is 0 Å². The van der Waals surface area contributed by atoms with E-state index in [1.165, 1.54) is 12.1 Å². The Morgan fingerprint density at radius 3 is 2.81 bits per heavy atom. The number of anilines is 3. The van der Waals surface area contributed by atoms with Crippen molar-refractivity contribution in [3.05, 3.63) is 66.1 Å². The Morgan fingerprint density at radius 2 is 2.00 bits per heavy atom. The van der Waals surface area contributed by atoms with Gasteiger partial charge in [0.15, 0.2) is 0 Å². The van der Waals surface area contributed by atoms with Crippen LogP contribution in [0.25, 0.3) is 10.9 Å². The Hall–Kier alpha value is -3.28. The molecule has 2 aromatic carbocycles. The number of fused-ring (bicyclic) bond motifs is 1. The number of aromatic nitrogens is 2. The second kappa shape index (κ2) is 6.92. The molecule has 1 aromatic heterocycles. The van der Waals surface area contributed by atoms with E-state index in [1.807, 2.05) is 49.5 Å². The van der Waals surface area contributed by atoms with Gasteiger partial charge in [0, 0.05) is 29.4 Å². The van der Waals surface area contributed by atoms with Crippen molar-refractivity contribution >= 4 is 34.1 Å². The Kier molecular flexibility index (Phi) is 4.31. The van der Waals surface area contributed by atoms with Gasteiger partial charge < -0.3 is 10.6 Å². The minimum absolute atomic E-state index is 0.293. The lowest BCUT2D eigenvalue weighted by molar-refractivity contribution is 0.627. The van der Waals surface area contributed by atoms with E-state index in [0.29, 0.717) is 18.2 Å². The predicted octanol–water partition coefficient (Wildman–Crippen LogP) is 4.59. The van der Waals surface area contributed by atoms with Gasteiger partial charge in [0.1, 0.15) is 11.6 Å². The van der Waals surface area contributed by atoms with Gasteiger partial charge in [-0.2, -0.15) is 4.98 Å². The fourth-order valence-electron chi connectivity index (χ4n) is 2.91. The van der Waals surface area contributed by atoms with E-state index >= 15 is 0 Å². The van der Waals surface area contributed by atoms with Crippen LogP contribution in [0.15, 0.2) is 59.7 Å². The van der Waals surface area contributed by atoms with Crippen molar-refractivity contribution in [2.75, 3.05) is 17.2 Å². The van der Waals surface area contributed by atoms with Crippen LogP contribution in [-0.2, 0) is 0 Å². The highest BCUT2D eigenvalue weighted by Crippen LogP contribution is 2.24. The summed E-state index contributed by atoms with van der Waals surface area (Å²) < 4.78 is 13.6. The Morgan fingerprint density at radius 1 is 1.12 bits per heavy atom. The molecule has 0 unspecified atom stereocenters. The number of allylic oxidation sites excluding steroid dienone is 1. The lowest BCUT2D eigenvalue weighted by Crippen LogP contribution is -2.13. The topological polar surface area (TPSA) is 62.2 Å². The molecule has 0 aliphatic carbocycles. The number of benzene rings is 2. The van der Waals surface area contributed by atoms with Crippen molar-refractivity contribution < 1.29 is 4.39 Å². The molecule has 26 heavy (non-hydrogen) atoms. The lowest BCUT2D eigenvalue weighted by Gasteiger charge is -2.12. The van der Waals surface area contributed by atoms with Gasteiger partial charge in [-0.3, -0.25) is 4.99 Å². The van der Waals surface area contributed by atoms with Crippen LogP contribution in [0.2, 0.25) is 0 Å². The summed E-state index contributed by atoms with van der Waals surface area (Å²) in [6, 6.07) is 12.6. The molecule has 0 saturated carbocycles. The van der Waals surface area contributed by atoms with E-state index in [-0.39, 0.29) is 5.82 Å². The number of para-hydroxylation sites is 1. The molecule has 0 saturated heterocycles.